The van der Waals surface area contributed by atoms with Crippen molar-refractivity contribution in [2.45, 2.75) is 18.8 Å². The van der Waals surface area contributed by atoms with Crippen molar-refractivity contribution in [2.75, 3.05) is 13.1 Å². The van der Waals surface area contributed by atoms with E-state index in [1.54, 1.807) is 30.3 Å². The maximum Gasteiger partial charge on any atom is 0.312 e. The van der Waals surface area contributed by atoms with Gasteiger partial charge in [-0.15, -0.1) is 0 Å². The largest absolute Gasteiger partial charge is 0.481 e. The summed E-state index contributed by atoms with van der Waals surface area (Å²) in [4.78, 5) is 35.1. The van der Waals surface area contributed by atoms with Crippen molar-refractivity contribution in [2.24, 2.45) is 0 Å². The van der Waals surface area contributed by atoms with Gasteiger partial charge in [-0.25, -0.2) is 0 Å². The molecule has 0 aliphatic heterocycles. The van der Waals surface area contributed by atoms with E-state index in [-0.39, 0.29) is 37.7 Å². The number of amides is 2. The van der Waals surface area contributed by atoms with Crippen molar-refractivity contribution < 1.29 is 19.5 Å². The third kappa shape index (κ3) is 6.39. The van der Waals surface area contributed by atoms with Crippen LogP contribution in [0.3, 0.4) is 0 Å². The lowest BCUT2D eigenvalue weighted by Crippen LogP contribution is -2.34. The maximum atomic E-state index is 11.9. The number of aliphatic carboxylic acids is 1. The molecule has 0 saturated heterocycles. The van der Waals surface area contributed by atoms with Crippen molar-refractivity contribution in [1.82, 2.24) is 10.6 Å². The molecular formula is C20H22N2O4. The molecule has 2 amide bonds. The normalized spacial score (nSPS) is 11.4. The average molecular weight is 354 g/mol. The molecule has 0 bridgehead atoms. The maximum absolute atomic E-state index is 11.9. The van der Waals surface area contributed by atoms with Crippen molar-refractivity contribution in [3.8, 4) is 0 Å². The molecule has 3 N–H and O–H groups in total. The number of carboxylic acid groups (broad SMARTS) is 1. The van der Waals surface area contributed by atoms with Crippen LogP contribution in [0.5, 0.6) is 0 Å². The van der Waals surface area contributed by atoms with Crippen molar-refractivity contribution in [3.05, 3.63) is 71.8 Å². The Morgan fingerprint density at radius 3 is 2.08 bits per heavy atom. The Balaban J connectivity index is 1.71. The molecule has 136 valence electrons. The topological polar surface area (TPSA) is 95.5 Å². The van der Waals surface area contributed by atoms with Gasteiger partial charge < -0.3 is 15.7 Å². The fourth-order valence-electron chi connectivity index (χ4n) is 2.50. The van der Waals surface area contributed by atoms with E-state index < -0.39 is 11.9 Å². The zero-order chi connectivity index (χ0) is 18.8. The highest BCUT2D eigenvalue weighted by atomic mass is 16.4. The van der Waals surface area contributed by atoms with Gasteiger partial charge in [0.15, 0.2) is 0 Å². The molecule has 6 nitrogen and oxygen atoms in total. The molecule has 26 heavy (non-hydrogen) atoms. The van der Waals surface area contributed by atoms with Gasteiger partial charge in [0.05, 0.1) is 12.3 Å². The molecule has 0 saturated carbocycles. The third-order valence-electron chi connectivity index (χ3n) is 3.89. The number of hydrogen-bond donors (Lipinski definition) is 3. The van der Waals surface area contributed by atoms with Gasteiger partial charge in [0.1, 0.15) is 0 Å². The first-order chi connectivity index (χ1) is 12.6. The van der Waals surface area contributed by atoms with E-state index in [1.807, 2.05) is 30.3 Å². The molecule has 1 atom stereocenters. The minimum absolute atomic E-state index is 0.0101. The molecule has 0 fully saturated rings. The van der Waals surface area contributed by atoms with E-state index in [9.17, 15) is 19.5 Å². The predicted octanol–water partition coefficient (Wildman–Crippen LogP) is 1.72. The monoisotopic (exact) mass is 354 g/mol. The van der Waals surface area contributed by atoms with E-state index in [1.165, 1.54) is 0 Å². The van der Waals surface area contributed by atoms with Crippen molar-refractivity contribution >= 4 is 17.8 Å². The van der Waals surface area contributed by atoms with E-state index >= 15 is 0 Å². The quantitative estimate of drug-likeness (QED) is 0.639. The van der Waals surface area contributed by atoms with E-state index in [0.29, 0.717) is 5.56 Å². The Bertz CT molecular complexity index is 732. The lowest BCUT2D eigenvalue weighted by Gasteiger charge is -2.14. The number of rotatable bonds is 9. The van der Waals surface area contributed by atoms with Crippen LogP contribution in [0, 0.1) is 0 Å². The minimum atomic E-state index is -0.993. The van der Waals surface area contributed by atoms with Gasteiger partial charge in [-0.2, -0.15) is 0 Å². The van der Waals surface area contributed by atoms with Crippen molar-refractivity contribution in [1.29, 1.82) is 0 Å². The summed E-state index contributed by atoms with van der Waals surface area (Å²) in [7, 11) is 0. The highest BCUT2D eigenvalue weighted by Gasteiger charge is 2.20. The van der Waals surface area contributed by atoms with Crippen LogP contribution in [-0.4, -0.2) is 36.0 Å². The minimum Gasteiger partial charge on any atom is -0.481 e. The van der Waals surface area contributed by atoms with Gasteiger partial charge in [0.2, 0.25) is 11.8 Å². The summed E-state index contributed by atoms with van der Waals surface area (Å²) in [6, 6.07) is 18.1. The lowest BCUT2D eigenvalue weighted by molar-refractivity contribution is -0.138. The van der Waals surface area contributed by atoms with Crippen LogP contribution in [0.2, 0.25) is 0 Å². The summed E-state index contributed by atoms with van der Waals surface area (Å²) < 4.78 is 0. The molecule has 0 aliphatic rings. The second kappa shape index (κ2) is 9.98. The zero-order valence-corrected chi connectivity index (χ0v) is 14.4. The Labute approximate surface area is 152 Å². The van der Waals surface area contributed by atoms with Gasteiger partial charge in [0, 0.05) is 19.5 Å². The third-order valence-corrected chi connectivity index (χ3v) is 3.89. The Kier molecular flexibility index (Phi) is 7.36. The SMILES string of the molecule is O=C(CCNC(=O)Cc1ccccc1)NCC(C(=O)O)c1ccccc1. The highest BCUT2D eigenvalue weighted by molar-refractivity contribution is 5.81. The second-order valence-corrected chi connectivity index (χ2v) is 5.87. The first-order valence-electron chi connectivity index (χ1n) is 8.41. The molecule has 2 aromatic rings. The molecule has 0 aromatic heterocycles. The van der Waals surface area contributed by atoms with Crippen LogP contribution in [0.15, 0.2) is 60.7 Å². The van der Waals surface area contributed by atoms with Crippen LogP contribution >= 0.6 is 0 Å². The van der Waals surface area contributed by atoms with Crippen LogP contribution in [0.25, 0.3) is 0 Å². The number of carbonyl (C=O) groups is 3. The highest BCUT2D eigenvalue weighted by Crippen LogP contribution is 2.14. The van der Waals surface area contributed by atoms with Crippen LogP contribution in [0.1, 0.15) is 23.5 Å². The Morgan fingerprint density at radius 1 is 0.846 bits per heavy atom. The molecule has 1 unspecified atom stereocenters. The van der Waals surface area contributed by atoms with Crippen LogP contribution in [0.4, 0.5) is 0 Å². The molecule has 6 heteroatoms. The van der Waals surface area contributed by atoms with Gasteiger partial charge in [-0.3, -0.25) is 14.4 Å². The van der Waals surface area contributed by atoms with Crippen LogP contribution < -0.4 is 10.6 Å². The van der Waals surface area contributed by atoms with Gasteiger partial charge in [-0.1, -0.05) is 60.7 Å². The average Bonchev–Trinajstić information content (AvgIpc) is 2.63. The summed E-state index contributed by atoms with van der Waals surface area (Å²) in [6.45, 7) is 0.219. The van der Waals surface area contributed by atoms with Crippen molar-refractivity contribution in [3.63, 3.8) is 0 Å². The molecular weight excluding hydrogens is 332 g/mol. The molecule has 0 radical (unpaired) electrons. The second-order valence-electron chi connectivity index (χ2n) is 5.87. The summed E-state index contributed by atoms with van der Waals surface area (Å²) >= 11 is 0. The lowest BCUT2D eigenvalue weighted by atomic mass is 9.99. The molecule has 0 heterocycles. The summed E-state index contributed by atoms with van der Waals surface area (Å²) in [5.41, 5.74) is 1.54. The van der Waals surface area contributed by atoms with E-state index in [0.717, 1.165) is 5.56 Å². The number of carbonyl (C=O) groups excluding carboxylic acids is 2. The van der Waals surface area contributed by atoms with E-state index in [2.05, 4.69) is 10.6 Å². The van der Waals surface area contributed by atoms with Gasteiger partial charge >= 0.3 is 5.97 Å². The fraction of sp³-hybridized carbons (Fsp3) is 0.250. The summed E-state index contributed by atoms with van der Waals surface area (Å²) in [5, 5.41) is 14.6. The number of benzene rings is 2. The first kappa shape index (κ1) is 19.2. The van der Waals surface area contributed by atoms with Crippen LogP contribution in [-0.2, 0) is 20.8 Å². The van der Waals surface area contributed by atoms with E-state index in [4.69, 9.17) is 0 Å². The standard InChI is InChI=1S/C20H22N2O4/c23-18(11-12-21-19(24)13-15-7-3-1-4-8-15)22-14-17(20(25)26)16-9-5-2-6-10-16/h1-10,17H,11-14H2,(H,21,24)(H,22,23)(H,25,26). The smallest absolute Gasteiger partial charge is 0.312 e. The predicted molar refractivity (Wildman–Crippen MR) is 97.6 cm³/mol. The molecule has 2 rings (SSSR count). The molecule has 2 aromatic carbocycles. The first-order valence-corrected chi connectivity index (χ1v) is 8.41. The Morgan fingerprint density at radius 2 is 1.46 bits per heavy atom. The zero-order valence-electron chi connectivity index (χ0n) is 14.4. The van der Waals surface area contributed by atoms with Gasteiger partial charge in [0.25, 0.3) is 0 Å². The molecule has 0 aliphatic carbocycles. The Hall–Kier alpha value is -3.15. The number of carboxylic acids is 1. The summed E-state index contributed by atoms with van der Waals surface area (Å²) in [5.74, 6) is -2.25. The molecule has 0 spiro atoms. The number of nitrogens with one attached hydrogen (secondary N) is 2. The fourth-order valence-corrected chi connectivity index (χ4v) is 2.50. The van der Waals surface area contributed by atoms with Gasteiger partial charge in [-0.05, 0) is 11.1 Å². The summed E-state index contributed by atoms with van der Waals surface area (Å²) in [6.07, 6.45) is 0.360. The number of hydrogen-bond acceptors (Lipinski definition) is 3.